The first-order valence-corrected chi connectivity index (χ1v) is 10.6. The number of aryl methyl sites for hydroxylation is 1. The quantitative estimate of drug-likeness (QED) is 0.278. The van der Waals surface area contributed by atoms with E-state index in [9.17, 15) is 4.79 Å². The minimum Gasteiger partial charge on any atom is -0.322 e. The lowest BCUT2D eigenvalue weighted by atomic mass is 10.0. The number of fused-ring (bicyclic) bond motifs is 1. The summed E-state index contributed by atoms with van der Waals surface area (Å²) in [7, 11) is 1.96. The molecule has 0 unspecified atom stereocenters. The van der Waals surface area contributed by atoms with E-state index in [0.29, 0.717) is 0 Å². The summed E-state index contributed by atoms with van der Waals surface area (Å²) in [6.07, 6.45) is 0. The molecule has 4 aromatic rings. The van der Waals surface area contributed by atoms with Crippen molar-refractivity contribution in [1.82, 2.24) is 15.0 Å². The van der Waals surface area contributed by atoms with Crippen molar-refractivity contribution in [3.63, 3.8) is 0 Å². The summed E-state index contributed by atoms with van der Waals surface area (Å²) in [5.41, 5.74) is 8.67. The van der Waals surface area contributed by atoms with Crippen LogP contribution in [0.25, 0.3) is 22.2 Å². The number of nitrogens with zero attached hydrogens (tertiary/aromatic N) is 3. The zero-order chi connectivity index (χ0) is 20.9. The number of carbonyl (C=O) groups excluding carboxylic acids is 1. The Kier molecular flexibility index (Phi) is 5.95. The molecule has 1 heterocycles. The highest BCUT2D eigenvalue weighted by atomic mass is 32.2. The van der Waals surface area contributed by atoms with Crippen LogP contribution in [0.5, 0.6) is 0 Å². The maximum Gasteiger partial charge on any atom is 0.250 e. The molecule has 4 rings (SSSR count). The van der Waals surface area contributed by atoms with E-state index in [1.807, 2.05) is 73.1 Å². The van der Waals surface area contributed by atoms with Gasteiger partial charge in [0.15, 0.2) is 5.16 Å². The van der Waals surface area contributed by atoms with Gasteiger partial charge in [0, 0.05) is 7.05 Å². The Morgan fingerprint density at radius 3 is 2.37 bits per heavy atom. The van der Waals surface area contributed by atoms with Crippen LogP contribution in [-0.2, 0) is 11.8 Å². The van der Waals surface area contributed by atoms with E-state index in [-0.39, 0.29) is 11.7 Å². The van der Waals surface area contributed by atoms with Gasteiger partial charge in [-0.05, 0) is 35.7 Å². The Balaban J connectivity index is 1.35. The minimum absolute atomic E-state index is 0.160. The molecule has 30 heavy (non-hydrogen) atoms. The van der Waals surface area contributed by atoms with Crippen LogP contribution >= 0.6 is 11.8 Å². The van der Waals surface area contributed by atoms with Gasteiger partial charge in [0.05, 0.1) is 22.5 Å². The van der Waals surface area contributed by atoms with E-state index in [0.717, 1.165) is 33.0 Å². The zero-order valence-corrected chi connectivity index (χ0v) is 17.7. The molecular weight excluding hydrogens is 392 g/mol. The molecule has 0 fully saturated rings. The minimum atomic E-state index is -0.160. The van der Waals surface area contributed by atoms with Crippen molar-refractivity contribution < 1.29 is 4.79 Å². The third-order valence-corrected chi connectivity index (χ3v) is 5.87. The number of hydrazone groups is 1. The van der Waals surface area contributed by atoms with E-state index < -0.39 is 0 Å². The van der Waals surface area contributed by atoms with Gasteiger partial charge in [-0.2, -0.15) is 5.10 Å². The molecule has 0 saturated heterocycles. The summed E-state index contributed by atoms with van der Waals surface area (Å²) in [6, 6.07) is 26.3. The van der Waals surface area contributed by atoms with Crippen molar-refractivity contribution in [2.45, 2.75) is 12.1 Å². The summed E-state index contributed by atoms with van der Waals surface area (Å²) in [5.74, 6) is 0.0910. The number of amides is 1. The first-order chi connectivity index (χ1) is 14.6. The number of aromatic nitrogens is 2. The molecule has 0 saturated carbocycles. The summed E-state index contributed by atoms with van der Waals surface area (Å²) in [5, 5.41) is 5.06. The molecule has 1 N–H and O–H groups in total. The summed E-state index contributed by atoms with van der Waals surface area (Å²) >= 11 is 1.40. The number of hydrogen-bond acceptors (Lipinski definition) is 4. The Hall–Kier alpha value is -3.38. The average molecular weight is 415 g/mol. The van der Waals surface area contributed by atoms with E-state index in [2.05, 4.69) is 39.8 Å². The number of hydrogen-bond donors (Lipinski definition) is 1. The van der Waals surface area contributed by atoms with Crippen LogP contribution in [0.3, 0.4) is 0 Å². The molecule has 0 aliphatic heterocycles. The lowest BCUT2D eigenvalue weighted by Gasteiger charge is -2.05. The van der Waals surface area contributed by atoms with Crippen LogP contribution in [0.4, 0.5) is 0 Å². The second kappa shape index (κ2) is 8.97. The smallest absolute Gasteiger partial charge is 0.250 e. The maximum absolute atomic E-state index is 12.2. The average Bonchev–Trinajstić information content (AvgIpc) is 3.12. The maximum atomic E-state index is 12.2. The monoisotopic (exact) mass is 414 g/mol. The van der Waals surface area contributed by atoms with Crippen LogP contribution < -0.4 is 5.43 Å². The molecule has 0 atom stereocenters. The van der Waals surface area contributed by atoms with Crippen molar-refractivity contribution in [2.24, 2.45) is 12.1 Å². The van der Waals surface area contributed by atoms with Crippen molar-refractivity contribution in [1.29, 1.82) is 0 Å². The van der Waals surface area contributed by atoms with E-state index in [1.54, 1.807) is 0 Å². The highest BCUT2D eigenvalue weighted by Gasteiger charge is 2.10. The van der Waals surface area contributed by atoms with Gasteiger partial charge < -0.3 is 4.57 Å². The van der Waals surface area contributed by atoms with Gasteiger partial charge in [-0.1, -0.05) is 78.5 Å². The highest BCUT2D eigenvalue weighted by molar-refractivity contribution is 7.99. The summed E-state index contributed by atoms with van der Waals surface area (Å²) in [6.45, 7) is 1.89. The molecule has 150 valence electrons. The van der Waals surface area contributed by atoms with Gasteiger partial charge in [-0.15, -0.1) is 0 Å². The first-order valence-electron chi connectivity index (χ1n) is 9.65. The van der Waals surface area contributed by atoms with Crippen molar-refractivity contribution in [2.75, 3.05) is 5.75 Å². The van der Waals surface area contributed by atoms with Crippen LogP contribution in [0, 0.1) is 0 Å². The van der Waals surface area contributed by atoms with E-state index in [4.69, 9.17) is 0 Å². The fraction of sp³-hybridized carbons (Fsp3) is 0.125. The van der Waals surface area contributed by atoms with E-state index >= 15 is 0 Å². The standard InChI is InChI=1S/C24H22N4OS/c1-17(18-12-14-20(15-13-18)19-8-4-3-5-9-19)26-27-23(29)16-30-24-25-21-10-6-7-11-22(21)28(24)2/h3-15H,16H2,1-2H3,(H,27,29). The number of rotatable bonds is 6. The second-order valence-corrected chi connectivity index (χ2v) is 7.85. The molecule has 6 heteroatoms. The zero-order valence-electron chi connectivity index (χ0n) is 16.9. The van der Waals surface area contributed by atoms with Gasteiger partial charge in [0.25, 0.3) is 5.91 Å². The van der Waals surface area contributed by atoms with Gasteiger partial charge in [-0.25, -0.2) is 10.4 Å². The van der Waals surface area contributed by atoms with E-state index in [1.165, 1.54) is 17.3 Å². The molecule has 0 aliphatic rings. The number of imidazole rings is 1. The summed E-state index contributed by atoms with van der Waals surface area (Å²) < 4.78 is 2.00. The summed E-state index contributed by atoms with van der Waals surface area (Å²) in [4.78, 5) is 16.8. The van der Waals surface area contributed by atoms with Crippen LogP contribution in [-0.4, -0.2) is 26.9 Å². The number of thioether (sulfide) groups is 1. The van der Waals surface area contributed by atoms with Crippen LogP contribution in [0.1, 0.15) is 12.5 Å². The van der Waals surface area contributed by atoms with Crippen molar-refractivity contribution in [3.8, 4) is 11.1 Å². The number of benzene rings is 3. The van der Waals surface area contributed by atoms with Gasteiger partial charge >= 0.3 is 0 Å². The van der Waals surface area contributed by atoms with Crippen LogP contribution in [0.15, 0.2) is 89.1 Å². The lowest BCUT2D eigenvalue weighted by molar-refractivity contribution is -0.118. The number of para-hydroxylation sites is 2. The lowest BCUT2D eigenvalue weighted by Crippen LogP contribution is -2.21. The highest BCUT2D eigenvalue weighted by Crippen LogP contribution is 2.22. The molecule has 5 nitrogen and oxygen atoms in total. The molecule has 0 bridgehead atoms. The van der Waals surface area contributed by atoms with Gasteiger partial charge in [0.2, 0.25) is 0 Å². The molecule has 3 aromatic carbocycles. The SMILES string of the molecule is CC(=NNC(=O)CSc1nc2ccccc2n1C)c1ccc(-c2ccccc2)cc1. The normalized spacial score (nSPS) is 11.6. The Labute approximate surface area is 179 Å². The van der Waals surface area contributed by atoms with Crippen molar-refractivity contribution >= 4 is 34.4 Å². The largest absolute Gasteiger partial charge is 0.322 e. The molecular formula is C24H22N4OS. The second-order valence-electron chi connectivity index (χ2n) is 6.91. The fourth-order valence-corrected chi connectivity index (χ4v) is 3.94. The van der Waals surface area contributed by atoms with Gasteiger partial charge in [-0.3, -0.25) is 4.79 Å². The first kappa shape index (κ1) is 19.9. The topological polar surface area (TPSA) is 59.3 Å². The Morgan fingerprint density at radius 1 is 0.967 bits per heavy atom. The van der Waals surface area contributed by atoms with Crippen molar-refractivity contribution in [3.05, 3.63) is 84.4 Å². The predicted molar refractivity (Wildman–Crippen MR) is 124 cm³/mol. The fourth-order valence-electron chi connectivity index (χ4n) is 3.16. The predicted octanol–water partition coefficient (Wildman–Crippen LogP) is 4.87. The van der Waals surface area contributed by atoms with Crippen LogP contribution in [0.2, 0.25) is 0 Å². The number of nitrogens with one attached hydrogen (secondary N) is 1. The molecule has 1 amide bonds. The molecule has 0 aliphatic carbocycles. The Morgan fingerprint density at radius 2 is 1.63 bits per heavy atom. The molecule has 1 aromatic heterocycles. The Bertz CT molecular complexity index is 1200. The third kappa shape index (κ3) is 4.44. The third-order valence-electron chi connectivity index (χ3n) is 4.84. The molecule has 0 radical (unpaired) electrons. The van der Waals surface area contributed by atoms with Gasteiger partial charge in [0.1, 0.15) is 0 Å². The number of carbonyl (C=O) groups is 1. The molecule has 0 spiro atoms.